The molecule has 0 spiro atoms. The minimum Gasteiger partial charge on any atom is -0.497 e. The number of aryl methyl sites for hydroxylation is 1. The van der Waals surface area contributed by atoms with Crippen molar-refractivity contribution in [3.8, 4) is 17.1 Å². The first-order valence-electron chi connectivity index (χ1n) is 10.1. The average Bonchev–Trinajstić information content (AvgIpc) is 3.24. The molecule has 1 heterocycles. The molecule has 0 aliphatic heterocycles. The maximum Gasteiger partial charge on any atom is 0.251 e. The molecule has 1 atom stereocenters. The molecule has 3 rings (SSSR count). The van der Waals surface area contributed by atoms with Crippen molar-refractivity contribution in [2.45, 2.75) is 33.4 Å². The van der Waals surface area contributed by atoms with Gasteiger partial charge in [-0.3, -0.25) is 14.7 Å². The smallest absolute Gasteiger partial charge is 0.251 e. The van der Waals surface area contributed by atoms with Crippen LogP contribution in [0.1, 0.15) is 35.6 Å². The molecule has 8 nitrogen and oxygen atoms in total. The van der Waals surface area contributed by atoms with Crippen molar-refractivity contribution in [3.05, 3.63) is 65.5 Å². The molecule has 0 fully saturated rings. The van der Waals surface area contributed by atoms with Gasteiger partial charge in [-0.1, -0.05) is 31.5 Å². The lowest BCUT2D eigenvalue weighted by Crippen LogP contribution is -2.49. The van der Waals surface area contributed by atoms with E-state index < -0.39 is 6.04 Å². The number of amides is 2. The summed E-state index contributed by atoms with van der Waals surface area (Å²) in [4.78, 5) is 29.7. The largest absolute Gasteiger partial charge is 0.497 e. The summed E-state index contributed by atoms with van der Waals surface area (Å²) in [6.07, 6.45) is 0. The van der Waals surface area contributed by atoms with E-state index in [1.165, 1.54) is 0 Å². The summed E-state index contributed by atoms with van der Waals surface area (Å²) in [5.41, 5.74) is 2.34. The molecule has 0 aliphatic carbocycles. The van der Waals surface area contributed by atoms with Gasteiger partial charge < -0.3 is 15.4 Å². The highest BCUT2D eigenvalue weighted by atomic mass is 16.5. The highest BCUT2D eigenvalue weighted by Gasteiger charge is 2.24. The van der Waals surface area contributed by atoms with Gasteiger partial charge in [-0.2, -0.15) is 5.10 Å². The number of benzene rings is 2. The molecule has 2 aromatic carbocycles. The number of rotatable bonds is 8. The predicted molar refractivity (Wildman–Crippen MR) is 117 cm³/mol. The molecule has 1 unspecified atom stereocenters. The second-order valence-corrected chi connectivity index (χ2v) is 7.62. The minimum absolute atomic E-state index is 0.0849. The van der Waals surface area contributed by atoms with Gasteiger partial charge in [-0.05, 0) is 49.2 Å². The Morgan fingerprint density at radius 3 is 2.52 bits per heavy atom. The molecule has 1 aromatic heterocycles. The van der Waals surface area contributed by atoms with Gasteiger partial charge in [0.1, 0.15) is 17.6 Å². The van der Waals surface area contributed by atoms with E-state index in [0.717, 1.165) is 16.9 Å². The zero-order valence-corrected chi connectivity index (χ0v) is 18.1. The van der Waals surface area contributed by atoms with Crippen LogP contribution in [-0.4, -0.2) is 40.1 Å². The van der Waals surface area contributed by atoms with Gasteiger partial charge in [0.2, 0.25) is 5.91 Å². The number of carbonyl (C=O) groups is 2. The topological polar surface area (TPSA) is 109 Å². The fourth-order valence-electron chi connectivity index (χ4n) is 3.07. The standard InChI is InChI=1S/C23H27N5O3/c1-14(2)20(26-22(29)17-7-5-6-15(3)12-17)23(30)24-13-19-25-21(28-27-19)16-8-10-18(31-4)11-9-16/h5-12,14,20H,13H2,1-4H3,(H,24,30)(H,26,29)(H,25,27,28). The fourth-order valence-corrected chi connectivity index (χ4v) is 3.07. The van der Waals surface area contributed by atoms with Gasteiger partial charge in [-0.15, -0.1) is 0 Å². The van der Waals surface area contributed by atoms with E-state index in [9.17, 15) is 9.59 Å². The number of nitrogens with zero attached hydrogens (tertiary/aromatic N) is 2. The number of methoxy groups -OCH3 is 1. The lowest BCUT2D eigenvalue weighted by Gasteiger charge is -2.21. The van der Waals surface area contributed by atoms with Crippen LogP contribution in [0.3, 0.4) is 0 Å². The van der Waals surface area contributed by atoms with E-state index in [1.54, 1.807) is 19.2 Å². The summed E-state index contributed by atoms with van der Waals surface area (Å²) >= 11 is 0. The predicted octanol–water partition coefficient (Wildman–Crippen LogP) is 2.86. The quantitative estimate of drug-likeness (QED) is 0.518. The Bertz CT molecular complexity index is 1040. The third-order valence-corrected chi connectivity index (χ3v) is 4.83. The van der Waals surface area contributed by atoms with Crippen LogP contribution in [0, 0.1) is 12.8 Å². The van der Waals surface area contributed by atoms with E-state index in [2.05, 4.69) is 25.8 Å². The number of aromatic nitrogens is 3. The van der Waals surface area contributed by atoms with Crippen LogP contribution in [0.15, 0.2) is 48.5 Å². The minimum atomic E-state index is -0.669. The highest BCUT2D eigenvalue weighted by molar-refractivity contribution is 5.97. The molecular formula is C23H27N5O3. The first kappa shape index (κ1) is 22.0. The van der Waals surface area contributed by atoms with Crippen molar-refractivity contribution in [1.82, 2.24) is 25.8 Å². The number of carbonyl (C=O) groups excluding carboxylic acids is 2. The molecule has 0 aliphatic rings. The van der Waals surface area contributed by atoms with Gasteiger partial charge in [0, 0.05) is 11.1 Å². The van der Waals surface area contributed by atoms with E-state index in [1.807, 2.05) is 57.2 Å². The van der Waals surface area contributed by atoms with Gasteiger partial charge in [0.05, 0.1) is 13.7 Å². The highest BCUT2D eigenvalue weighted by Crippen LogP contribution is 2.19. The second-order valence-electron chi connectivity index (χ2n) is 7.62. The summed E-state index contributed by atoms with van der Waals surface area (Å²) in [6.45, 7) is 5.86. The van der Waals surface area contributed by atoms with Crippen molar-refractivity contribution < 1.29 is 14.3 Å². The lowest BCUT2D eigenvalue weighted by atomic mass is 10.0. The molecular weight excluding hydrogens is 394 g/mol. The molecule has 0 saturated carbocycles. The molecule has 3 N–H and O–H groups in total. The third-order valence-electron chi connectivity index (χ3n) is 4.83. The van der Waals surface area contributed by atoms with Gasteiger partial charge in [0.25, 0.3) is 5.91 Å². The Kier molecular flexibility index (Phi) is 7.02. The molecule has 162 valence electrons. The number of ether oxygens (including phenoxy) is 1. The molecule has 31 heavy (non-hydrogen) atoms. The lowest BCUT2D eigenvalue weighted by molar-refractivity contribution is -0.124. The SMILES string of the molecule is COc1ccc(-c2n[nH]c(CNC(=O)C(NC(=O)c3cccc(C)c3)C(C)C)n2)cc1. The number of hydrogen-bond acceptors (Lipinski definition) is 5. The molecule has 0 bridgehead atoms. The van der Waals surface area contributed by atoms with Gasteiger partial charge in [-0.25, -0.2) is 4.98 Å². The van der Waals surface area contributed by atoms with Crippen LogP contribution in [0.5, 0.6) is 5.75 Å². The maximum atomic E-state index is 12.7. The van der Waals surface area contributed by atoms with Crippen LogP contribution >= 0.6 is 0 Å². The second kappa shape index (κ2) is 9.88. The summed E-state index contributed by atoms with van der Waals surface area (Å²) in [5.74, 6) is 1.15. The maximum absolute atomic E-state index is 12.7. The third kappa shape index (κ3) is 5.69. The number of hydrogen-bond donors (Lipinski definition) is 3. The van der Waals surface area contributed by atoms with Crippen molar-refractivity contribution in [2.75, 3.05) is 7.11 Å². The monoisotopic (exact) mass is 421 g/mol. The van der Waals surface area contributed by atoms with Crippen molar-refractivity contribution in [1.29, 1.82) is 0 Å². The Morgan fingerprint density at radius 2 is 1.87 bits per heavy atom. The first-order valence-corrected chi connectivity index (χ1v) is 10.1. The Hall–Kier alpha value is -3.68. The Labute approximate surface area is 181 Å². The van der Waals surface area contributed by atoms with Crippen molar-refractivity contribution >= 4 is 11.8 Å². The number of H-pyrrole nitrogens is 1. The Balaban J connectivity index is 1.61. The average molecular weight is 422 g/mol. The summed E-state index contributed by atoms with van der Waals surface area (Å²) in [6, 6.07) is 14.0. The van der Waals surface area contributed by atoms with Crippen molar-refractivity contribution in [3.63, 3.8) is 0 Å². The molecule has 8 heteroatoms. The van der Waals surface area contributed by atoms with Crippen LogP contribution < -0.4 is 15.4 Å². The Morgan fingerprint density at radius 1 is 1.13 bits per heavy atom. The van der Waals surface area contributed by atoms with E-state index in [-0.39, 0.29) is 24.3 Å². The van der Waals surface area contributed by atoms with Crippen LogP contribution in [0.2, 0.25) is 0 Å². The molecule has 3 aromatic rings. The molecule has 0 saturated heterocycles. The molecule has 0 radical (unpaired) electrons. The van der Waals surface area contributed by atoms with Crippen molar-refractivity contribution in [2.24, 2.45) is 5.92 Å². The summed E-state index contributed by atoms with van der Waals surface area (Å²) in [5, 5.41) is 12.7. The van der Waals surface area contributed by atoms with Gasteiger partial charge >= 0.3 is 0 Å². The van der Waals surface area contributed by atoms with E-state index in [0.29, 0.717) is 17.2 Å². The zero-order chi connectivity index (χ0) is 22.4. The first-order chi connectivity index (χ1) is 14.9. The fraction of sp³-hybridized carbons (Fsp3) is 0.304. The number of nitrogens with one attached hydrogen (secondary N) is 3. The molecule has 2 amide bonds. The van der Waals surface area contributed by atoms with Crippen LogP contribution in [-0.2, 0) is 11.3 Å². The van der Waals surface area contributed by atoms with Gasteiger partial charge in [0.15, 0.2) is 5.82 Å². The summed E-state index contributed by atoms with van der Waals surface area (Å²) < 4.78 is 5.15. The zero-order valence-electron chi connectivity index (χ0n) is 18.1. The van der Waals surface area contributed by atoms with Crippen LogP contribution in [0.4, 0.5) is 0 Å². The summed E-state index contributed by atoms with van der Waals surface area (Å²) in [7, 11) is 1.61. The van der Waals surface area contributed by atoms with Crippen LogP contribution in [0.25, 0.3) is 11.4 Å². The van der Waals surface area contributed by atoms with E-state index >= 15 is 0 Å². The number of aromatic amines is 1. The van der Waals surface area contributed by atoms with E-state index in [4.69, 9.17) is 4.74 Å². The normalized spacial score (nSPS) is 11.8.